The average Bonchev–Trinajstić information content (AvgIpc) is 2.74. The zero-order valence-corrected chi connectivity index (χ0v) is 11.0. The summed E-state index contributed by atoms with van der Waals surface area (Å²) >= 11 is 9.38. The molecule has 0 saturated carbocycles. The Hall–Kier alpha value is -1.32. The number of benzene rings is 2. The molecule has 3 rings (SSSR count). The van der Waals surface area contributed by atoms with Crippen LogP contribution >= 0.6 is 27.5 Å². The van der Waals surface area contributed by atoms with Gasteiger partial charge >= 0.3 is 0 Å². The minimum absolute atomic E-state index is 0.601. The first-order chi connectivity index (χ1) is 8.24. The normalized spacial score (nSPS) is 10.9. The predicted molar refractivity (Wildman–Crippen MR) is 72.2 cm³/mol. The lowest BCUT2D eigenvalue weighted by molar-refractivity contribution is 0.618. The number of rotatable bonds is 1. The minimum Gasteiger partial charge on any atom is -0.435 e. The predicted octanol–water partition coefficient (Wildman–Crippen LogP) is 4.91. The van der Waals surface area contributed by atoms with E-state index in [-0.39, 0.29) is 0 Å². The van der Waals surface area contributed by atoms with Crippen molar-refractivity contribution < 1.29 is 4.42 Å². The van der Waals surface area contributed by atoms with E-state index in [0.717, 1.165) is 15.6 Å². The average molecular weight is 309 g/mol. The summed E-state index contributed by atoms with van der Waals surface area (Å²) in [6.45, 7) is 0. The van der Waals surface area contributed by atoms with Gasteiger partial charge < -0.3 is 4.42 Å². The molecule has 0 radical (unpaired) electrons. The van der Waals surface area contributed by atoms with Crippen LogP contribution in [-0.2, 0) is 0 Å². The Morgan fingerprint density at radius 2 is 1.88 bits per heavy atom. The van der Waals surface area contributed by atoms with Crippen LogP contribution in [0.25, 0.3) is 22.6 Å². The van der Waals surface area contributed by atoms with Crippen LogP contribution in [-0.4, -0.2) is 4.98 Å². The highest BCUT2D eigenvalue weighted by molar-refractivity contribution is 9.10. The van der Waals surface area contributed by atoms with Gasteiger partial charge in [0.15, 0.2) is 5.58 Å². The molecule has 1 heterocycles. The summed E-state index contributed by atoms with van der Waals surface area (Å²) in [6, 6.07) is 13.4. The number of fused-ring (bicyclic) bond motifs is 1. The summed E-state index contributed by atoms with van der Waals surface area (Å²) in [4.78, 5) is 4.42. The summed E-state index contributed by atoms with van der Waals surface area (Å²) in [5.74, 6) is 0.601. The first-order valence-corrected chi connectivity index (χ1v) is 6.22. The van der Waals surface area contributed by atoms with Gasteiger partial charge in [-0.15, -0.1) is 0 Å². The fourth-order valence-corrected chi connectivity index (χ4v) is 2.54. The second-order valence-corrected chi connectivity index (χ2v) is 4.91. The van der Waals surface area contributed by atoms with Crippen molar-refractivity contribution in [1.82, 2.24) is 4.98 Å². The van der Waals surface area contributed by atoms with E-state index in [1.54, 1.807) is 12.1 Å². The standard InChI is InChI=1S/C13H7BrClNO/c14-10-6-9(15)7-11-12(10)17-13(16-11)8-4-2-1-3-5-8/h1-7H. The first-order valence-electron chi connectivity index (χ1n) is 5.05. The third-order valence-electron chi connectivity index (χ3n) is 2.43. The van der Waals surface area contributed by atoms with Crippen LogP contribution in [0.4, 0.5) is 0 Å². The lowest BCUT2D eigenvalue weighted by atomic mass is 10.2. The third kappa shape index (κ3) is 1.96. The molecule has 0 aliphatic carbocycles. The molecule has 17 heavy (non-hydrogen) atoms. The molecule has 2 aromatic carbocycles. The van der Waals surface area contributed by atoms with Gasteiger partial charge in [0.05, 0.1) is 4.47 Å². The molecule has 0 unspecified atom stereocenters. The lowest BCUT2D eigenvalue weighted by Gasteiger charge is -1.93. The van der Waals surface area contributed by atoms with E-state index in [9.17, 15) is 0 Å². The van der Waals surface area contributed by atoms with Gasteiger partial charge in [0, 0.05) is 10.6 Å². The molecule has 1 aromatic heterocycles. The summed E-state index contributed by atoms with van der Waals surface area (Å²) in [5.41, 5.74) is 2.42. The van der Waals surface area contributed by atoms with Crippen molar-refractivity contribution in [2.24, 2.45) is 0 Å². The maximum Gasteiger partial charge on any atom is 0.227 e. The van der Waals surface area contributed by atoms with E-state index >= 15 is 0 Å². The topological polar surface area (TPSA) is 26.0 Å². The van der Waals surface area contributed by atoms with E-state index in [1.165, 1.54) is 0 Å². The number of oxazole rings is 1. The number of hydrogen-bond donors (Lipinski definition) is 0. The van der Waals surface area contributed by atoms with Crippen molar-refractivity contribution in [3.8, 4) is 11.5 Å². The maximum absolute atomic E-state index is 5.97. The highest BCUT2D eigenvalue weighted by Gasteiger charge is 2.11. The summed E-state index contributed by atoms with van der Waals surface area (Å²) in [6.07, 6.45) is 0. The van der Waals surface area contributed by atoms with Crippen LogP contribution in [0.5, 0.6) is 0 Å². The van der Waals surface area contributed by atoms with E-state index in [0.29, 0.717) is 16.5 Å². The first kappa shape index (κ1) is 10.8. The van der Waals surface area contributed by atoms with Gasteiger partial charge in [-0.25, -0.2) is 4.98 Å². The Kier molecular flexibility index (Phi) is 2.65. The van der Waals surface area contributed by atoms with Crippen LogP contribution in [0.1, 0.15) is 0 Å². The van der Waals surface area contributed by atoms with Crippen molar-refractivity contribution in [3.63, 3.8) is 0 Å². The van der Waals surface area contributed by atoms with Crippen molar-refractivity contribution >= 4 is 38.6 Å². The van der Waals surface area contributed by atoms with Gasteiger partial charge in [-0.3, -0.25) is 0 Å². The Balaban J connectivity index is 2.24. The smallest absolute Gasteiger partial charge is 0.227 e. The highest BCUT2D eigenvalue weighted by Crippen LogP contribution is 2.31. The van der Waals surface area contributed by atoms with E-state index in [1.807, 2.05) is 30.3 Å². The van der Waals surface area contributed by atoms with Crippen LogP contribution in [0.2, 0.25) is 5.02 Å². The molecule has 0 saturated heterocycles. The van der Waals surface area contributed by atoms with Crippen molar-refractivity contribution in [1.29, 1.82) is 0 Å². The SMILES string of the molecule is Clc1cc(Br)c2oc(-c3ccccc3)nc2c1. The number of nitrogens with zero attached hydrogens (tertiary/aromatic N) is 1. The highest BCUT2D eigenvalue weighted by atomic mass is 79.9. The number of hydrogen-bond acceptors (Lipinski definition) is 2. The molecule has 4 heteroatoms. The number of aromatic nitrogens is 1. The van der Waals surface area contributed by atoms with Crippen molar-refractivity contribution in [3.05, 3.63) is 52.0 Å². The minimum atomic E-state index is 0.601. The van der Waals surface area contributed by atoms with Crippen LogP contribution in [0.15, 0.2) is 51.4 Å². The van der Waals surface area contributed by atoms with Crippen LogP contribution in [0, 0.1) is 0 Å². The molecule has 0 atom stereocenters. The lowest BCUT2D eigenvalue weighted by Crippen LogP contribution is -1.74. The summed E-state index contributed by atoms with van der Waals surface area (Å²) < 4.78 is 6.54. The molecular weight excluding hydrogens is 302 g/mol. The van der Waals surface area contributed by atoms with Gasteiger partial charge in [0.1, 0.15) is 5.52 Å². The number of halogens is 2. The summed E-state index contributed by atoms with van der Waals surface area (Å²) in [7, 11) is 0. The second kappa shape index (κ2) is 4.17. The van der Waals surface area contributed by atoms with Crippen molar-refractivity contribution in [2.75, 3.05) is 0 Å². The molecule has 0 spiro atoms. The quantitative estimate of drug-likeness (QED) is 0.638. The van der Waals surface area contributed by atoms with E-state index in [2.05, 4.69) is 20.9 Å². The Bertz CT molecular complexity index is 678. The summed E-state index contributed by atoms with van der Waals surface area (Å²) in [5, 5.41) is 0.636. The molecular formula is C13H7BrClNO. The van der Waals surface area contributed by atoms with Gasteiger partial charge in [-0.05, 0) is 40.2 Å². The molecule has 0 aliphatic rings. The van der Waals surface area contributed by atoms with Gasteiger partial charge in [0.2, 0.25) is 5.89 Å². The molecule has 3 aromatic rings. The Labute approximate surface area is 111 Å². The molecule has 0 N–H and O–H groups in total. The maximum atomic E-state index is 5.97. The monoisotopic (exact) mass is 307 g/mol. The van der Waals surface area contributed by atoms with E-state index in [4.69, 9.17) is 16.0 Å². The molecule has 0 aliphatic heterocycles. The van der Waals surface area contributed by atoms with Crippen LogP contribution < -0.4 is 0 Å². The van der Waals surface area contributed by atoms with Gasteiger partial charge in [-0.2, -0.15) is 0 Å². The molecule has 0 bridgehead atoms. The van der Waals surface area contributed by atoms with E-state index < -0.39 is 0 Å². The van der Waals surface area contributed by atoms with Crippen molar-refractivity contribution in [2.45, 2.75) is 0 Å². The molecule has 0 fully saturated rings. The molecule has 84 valence electrons. The fraction of sp³-hybridized carbons (Fsp3) is 0. The Morgan fingerprint density at radius 3 is 2.65 bits per heavy atom. The molecule has 2 nitrogen and oxygen atoms in total. The second-order valence-electron chi connectivity index (χ2n) is 3.62. The largest absolute Gasteiger partial charge is 0.435 e. The zero-order valence-electron chi connectivity index (χ0n) is 8.65. The fourth-order valence-electron chi connectivity index (χ4n) is 1.66. The molecule has 0 amide bonds. The third-order valence-corrected chi connectivity index (χ3v) is 3.24. The van der Waals surface area contributed by atoms with Gasteiger partial charge in [0.25, 0.3) is 0 Å². The van der Waals surface area contributed by atoms with Gasteiger partial charge in [-0.1, -0.05) is 29.8 Å². The van der Waals surface area contributed by atoms with Crippen LogP contribution in [0.3, 0.4) is 0 Å². The Morgan fingerprint density at radius 1 is 1.12 bits per heavy atom. The zero-order chi connectivity index (χ0) is 11.8.